The zero-order valence-electron chi connectivity index (χ0n) is 23.2. The maximum absolute atomic E-state index is 13.8. The lowest BCUT2D eigenvalue weighted by Gasteiger charge is -2.38. The average Bonchev–Trinajstić information content (AvgIpc) is 3.48. The number of benzene rings is 2. The van der Waals surface area contributed by atoms with Crippen LogP contribution in [0.4, 0.5) is 18.3 Å². The first-order valence-electron chi connectivity index (χ1n) is 14.3. The molecule has 2 saturated heterocycles. The van der Waals surface area contributed by atoms with E-state index < -0.39 is 11.7 Å². The minimum atomic E-state index is -4.50. The molecule has 1 aliphatic carbocycles. The van der Waals surface area contributed by atoms with Gasteiger partial charge in [0.1, 0.15) is 11.5 Å². The molecule has 2 aromatic heterocycles. The normalized spacial score (nSPS) is 22.2. The predicted octanol–water partition coefficient (Wildman–Crippen LogP) is 7.66. The number of esters is 1. The van der Waals surface area contributed by atoms with Crippen LogP contribution >= 0.6 is 11.3 Å². The number of aryl methyl sites for hydroxylation is 1. The minimum absolute atomic E-state index is 0.0237. The summed E-state index contributed by atoms with van der Waals surface area (Å²) in [5.74, 6) is 0.470. The first-order valence-corrected chi connectivity index (χ1v) is 15.1. The lowest BCUT2D eigenvalue weighted by atomic mass is 9.98. The van der Waals surface area contributed by atoms with E-state index in [9.17, 15) is 18.0 Å². The molecular formula is C31H30F3N3O4S. The summed E-state index contributed by atoms with van der Waals surface area (Å²) in [6, 6.07) is 9.68. The van der Waals surface area contributed by atoms with Crippen LogP contribution in [-0.4, -0.2) is 41.4 Å². The number of carbonyl (C=O) groups is 1. The molecule has 4 aromatic rings. The number of fused-ring (bicyclic) bond motifs is 3. The highest BCUT2D eigenvalue weighted by Gasteiger charge is 2.43. The molecular weight excluding hydrogens is 567 g/mol. The maximum Gasteiger partial charge on any atom is 0.417 e. The summed E-state index contributed by atoms with van der Waals surface area (Å²) in [6.07, 6.45) is 0.999. The van der Waals surface area contributed by atoms with Crippen molar-refractivity contribution in [1.82, 2.24) is 10.1 Å². The first-order chi connectivity index (χ1) is 20.2. The fourth-order valence-electron chi connectivity index (χ4n) is 6.58. The van der Waals surface area contributed by atoms with Gasteiger partial charge in [0.15, 0.2) is 5.13 Å². The molecule has 3 fully saturated rings. The third-order valence-electron chi connectivity index (χ3n) is 8.72. The number of aromatic nitrogens is 2. The zero-order chi connectivity index (χ0) is 29.2. The van der Waals surface area contributed by atoms with Gasteiger partial charge in [-0.05, 0) is 69.2 Å². The van der Waals surface area contributed by atoms with Gasteiger partial charge in [-0.3, -0.25) is 0 Å². The molecule has 0 radical (unpaired) electrons. The van der Waals surface area contributed by atoms with E-state index in [-0.39, 0.29) is 47.9 Å². The summed E-state index contributed by atoms with van der Waals surface area (Å²) < 4.78 is 59.5. The molecule has 2 aromatic carbocycles. The van der Waals surface area contributed by atoms with Crippen molar-refractivity contribution < 1.29 is 32.0 Å². The molecule has 2 aliphatic heterocycles. The van der Waals surface area contributed by atoms with E-state index in [0.717, 1.165) is 65.5 Å². The van der Waals surface area contributed by atoms with Crippen molar-refractivity contribution in [2.45, 2.75) is 82.3 Å². The molecule has 3 aliphatic rings. The number of hydrogen-bond acceptors (Lipinski definition) is 8. The number of halogens is 3. The molecule has 2 bridgehead atoms. The fraction of sp³-hybridized carbons (Fsp3) is 0.452. The summed E-state index contributed by atoms with van der Waals surface area (Å²) in [4.78, 5) is 19.5. The lowest BCUT2D eigenvalue weighted by Crippen LogP contribution is -2.45. The van der Waals surface area contributed by atoms with E-state index in [0.29, 0.717) is 16.9 Å². The molecule has 0 spiro atoms. The predicted molar refractivity (Wildman–Crippen MR) is 152 cm³/mol. The van der Waals surface area contributed by atoms with Crippen molar-refractivity contribution in [3.8, 4) is 11.3 Å². The summed E-state index contributed by atoms with van der Waals surface area (Å²) in [6.45, 7) is 2.12. The number of ether oxygens (including phenoxy) is 2. The van der Waals surface area contributed by atoms with Gasteiger partial charge in [-0.15, -0.1) is 0 Å². The summed E-state index contributed by atoms with van der Waals surface area (Å²) in [7, 11) is 1.38. The van der Waals surface area contributed by atoms with Gasteiger partial charge in [0, 0.05) is 29.1 Å². The quantitative estimate of drug-likeness (QED) is 0.203. The van der Waals surface area contributed by atoms with E-state index >= 15 is 0 Å². The zero-order valence-corrected chi connectivity index (χ0v) is 24.1. The maximum atomic E-state index is 13.8. The van der Waals surface area contributed by atoms with E-state index in [1.807, 2.05) is 19.1 Å². The largest absolute Gasteiger partial charge is 0.465 e. The van der Waals surface area contributed by atoms with Gasteiger partial charge in [0.25, 0.3) is 0 Å². The fourth-order valence-corrected chi connectivity index (χ4v) is 7.81. The van der Waals surface area contributed by atoms with Crippen molar-refractivity contribution in [2.75, 3.05) is 12.0 Å². The molecule has 4 heterocycles. The van der Waals surface area contributed by atoms with Crippen LogP contribution in [0.15, 0.2) is 40.9 Å². The average molecular weight is 598 g/mol. The second kappa shape index (κ2) is 10.4. The highest BCUT2D eigenvalue weighted by Crippen LogP contribution is 2.47. The third kappa shape index (κ3) is 4.86. The van der Waals surface area contributed by atoms with E-state index in [2.05, 4.69) is 10.1 Å². The van der Waals surface area contributed by atoms with Crippen molar-refractivity contribution in [2.24, 2.45) is 0 Å². The minimum Gasteiger partial charge on any atom is -0.465 e. The van der Waals surface area contributed by atoms with Crippen molar-refractivity contribution in [3.05, 3.63) is 64.4 Å². The molecule has 7 nitrogen and oxygen atoms in total. The Morgan fingerprint density at radius 1 is 1.12 bits per heavy atom. The van der Waals surface area contributed by atoms with Crippen LogP contribution in [0.5, 0.6) is 0 Å². The van der Waals surface area contributed by atoms with Gasteiger partial charge in [0.05, 0.1) is 41.2 Å². The van der Waals surface area contributed by atoms with Crippen LogP contribution in [0, 0.1) is 6.92 Å². The Bertz CT molecular complexity index is 1650. The Balaban J connectivity index is 1.11. The summed E-state index contributed by atoms with van der Waals surface area (Å²) >= 11 is 1.59. The van der Waals surface area contributed by atoms with Crippen LogP contribution in [0.1, 0.15) is 77.3 Å². The van der Waals surface area contributed by atoms with Crippen LogP contribution < -0.4 is 4.90 Å². The van der Waals surface area contributed by atoms with Gasteiger partial charge in [-0.2, -0.15) is 13.2 Å². The number of anilines is 1. The number of thiazole rings is 1. The van der Waals surface area contributed by atoms with Crippen LogP contribution in [0.3, 0.4) is 0 Å². The van der Waals surface area contributed by atoms with E-state index in [4.69, 9.17) is 19.0 Å². The molecule has 7 rings (SSSR count). The Hall–Kier alpha value is -3.44. The summed E-state index contributed by atoms with van der Waals surface area (Å²) in [5, 5.41) is 5.08. The Kier molecular flexibility index (Phi) is 6.77. The highest BCUT2D eigenvalue weighted by atomic mass is 32.1. The summed E-state index contributed by atoms with van der Waals surface area (Å²) in [5.41, 5.74) is 2.50. The van der Waals surface area contributed by atoms with Gasteiger partial charge >= 0.3 is 12.1 Å². The Morgan fingerprint density at radius 2 is 1.86 bits per heavy atom. The highest BCUT2D eigenvalue weighted by molar-refractivity contribution is 7.22. The second-order valence-electron chi connectivity index (χ2n) is 11.5. The molecule has 0 amide bonds. The van der Waals surface area contributed by atoms with Crippen molar-refractivity contribution in [3.63, 3.8) is 0 Å². The molecule has 0 N–H and O–H groups in total. The van der Waals surface area contributed by atoms with Crippen LogP contribution in [0.2, 0.25) is 0 Å². The van der Waals surface area contributed by atoms with Gasteiger partial charge in [-0.25, -0.2) is 9.78 Å². The molecule has 3 atom stereocenters. The van der Waals surface area contributed by atoms with E-state index in [1.54, 1.807) is 17.4 Å². The monoisotopic (exact) mass is 597 g/mol. The van der Waals surface area contributed by atoms with E-state index in [1.165, 1.54) is 19.2 Å². The smallest absolute Gasteiger partial charge is 0.417 e. The lowest BCUT2D eigenvalue weighted by molar-refractivity contribution is -0.137. The molecule has 2 unspecified atom stereocenters. The van der Waals surface area contributed by atoms with Gasteiger partial charge in [-0.1, -0.05) is 34.7 Å². The molecule has 11 heteroatoms. The standard InChI is InChI=1S/C31H30F3N3O4S/c1-16-11-18(29(38)39-2)12-25-26(16)35-30(42-25)37-19-9-10-20(37)14-21(13-19)40-15-23-27(36-41-28(23)17-7-8-17)22-5-3-4-6-24(22)31(32,33)34/h3-6,11-12,17,19-21H,7-10,13-15H2,1-2H3/t19-,20?,21?/m0/s1. The van der Waals surface area contributed by atoms with Gasteiger partial charge in [0.2, 0.25) is 0 Å². The topological polar surface area (TPSA) is 77.7 Å². The van der Waals surface area contributed by atoms with Crippen LogP contribution in [0.25, 0.3) is 21.5 Å². The number of methoxy groups -OCH3 is 1. The number of alkyl halides is 3. The second-order valence-corrected chi connectivity index (χ2v) is 12.5. The molecule has 42 heavy (non-hydrogen) atoms. The first kappa shape index (κ1) is 27.4. The third-order valence-corrected chi connectivity index (χ3v) is 9.74. The molecule has 220 valence electrons. The van der Waals surface area contributed by atoms with Crippen molar-refractivity contribution in [1.29, 1.82) is 0 Å². The number of nitrogens with zero attached hydrogens (tertiary/aromatic N) is 3. The number of piperidine rings is 1. The van der Waals surface area contributed by atoms with Gasteiger partial charge < -0.3 is 18.9 Å². The number of carbonyl (C=O) groups excluding carboxylic acids is 1. The Morgan fingerprint density at radius 3 is 2.55 bits per heavy atom. The number of rotatable bonds is 7. The Labute approximate surface area is 244 Å². The number of hydrogen-bond donors (Lipinski definition) is 0. The molecule has 1 saturated carbocycles. The van der Waals surface area contributed by atoms with Crippen molar-refractivity contribution >= 4 is 32.7 Å². The SMILES string of the molecule is COC(=O)c1cc(C)c2nc(N3C4CC[C@H]3CC(OCc3c(-c5ccccc5C(F)(F)F)noc3C3CC3)C4)sc2c1. The van der Waals surface area contributed by atoms with Crippen LogP contribution in [-0.2, 0) is 22.3 Å².